The van der Waals surface area contributed by atoms with E-state index in [1.165, 1.54) is 14.0 Å². The lowest BCUT2D eigenvalue weighted by Crippen LogP contribution is -2.41. The topological polar surface area (TPSA) is 78.9 Å². The Kier molecular flexibility index (Phi) is 7.87. The van der Waals surface area contributed by atoms with Crippen molar-refractivity contribution in [2.75, 3.05) is 13.7 Å². The molecule has 0 aliphatic heterocycles. The fraction of sp³-hybridized carbons (Fsp3) is 0.786. The summed E-state index contributed by atoms with van der Waals surface area (Å²) in [6, 6.07) is 0. The van der Waals surface area contributed by atoms with E-state index in [2.05, 4.69) is 4.74 Å². The molecule has 1 unspecified atom stereocenters. The van der Waals surface area contributed by atoms with E-state index >= 15 is 0 Å². The molecule has 0 aromatic rings. The molecule has 0 aromatic heterocycles. The van der Waals surface area contributed by atoms with Gasteiger partial charge in [-0.3, -0.25) is 14.4 Å². The van der Waals surface area contributed by atoms with Gasteiger partial charge in [0.25, 0.3) is 0 Å². The SMILES string of the molecule is CCCC(=O)OC(C)(C)C(COC(C)=O)CC(=O)OC. The Labute approximate surface area is 119 Å². The molecular weight excluding hydrogens is 264 g/mol. The van der Waals surface area contributed by atoms with Crippen LogP contribution in [-0.2, 0) is 28.6 Å². The minimum atomic E-state index is -0.921. The van der Waals surface area contributed by atoms with Crippen LogP contribution < -0.4 is 0 Å². The minimum absolute atomic E-state index is 0.00314. The first-order valence-electron chi connectivity index (χ1n) is 6.65. The van der Waals surface area contributed by atoms with Gasteiger partial charge < -0.3 is 14.2 Å². The third kappa shape index (κ3) is 7.11. The van der Waals surface area contributed by atoms with Gasteiger partial charge in [0, 0.05) is 19.3 Å². The Bertz CT molecular complexity index is 348. The van der Waals surface area contributed by atoms with Crippen molar-refractivity contribution in [3.63, 3.8) is 0 Å². The van der Waals surface area contributed by atoms with Gasteiger partial charge in [0.15, 0.2) is 0 Å². The first kappa shape index (κ1) is 18.4. The Morgan fingerprint density at radius 1 is 1.15 bits per heavy atom. The van der Waals surface area contributed by atoms with E-state index in [0.717, 1.165) is 0 Å². The van der Waals surface area contributed by atoms with E-state index in [-0.39, 0.29) is 19.0 Å². The third-order valence-electron chi connectivity index (χ3n) is 2.94. The summed E-state index contributed by atoms with van der Waals surface area (Å²) in [5, 5.41) is 0. The molecule has 6 nitrogen and oxygen atoms in total. The molecular formula is C14H24O6. The maximum Gasteiger partial charge on any atom is 0.306 e. The lowest BCUT2D eigenvalue weighted by molar-refractivity contribution is -0.169. The molecule has 0 saturated carbocycles. The highest BCUT2D eigenvalue weighted by Crippen LogP contribution is 2.26. The highest BCUT2D eigenvalue weighted by Gasteiger charge is 2.36. The average molecular weight is 288 g/mol. The van der Waals surface area contributed by atoms with Gasteiger partial charge in [-0.15, -0.1) is 0 Å². The van der Waals surface area contributed by atoms with Crippen molar-refractivity contribution in [1.29, 1.82) is 0 Å². The number of carbonyl (C=O) groups excluding carboxylic acids is 3. The lowest BCUT2D eigenvalue weighted by atomic mass is 9.88. The number of methoxy groups -OCH3 is 1. The van der Waals surface area contributed by atoms with Gasteiger partial charge in [0.1, 0.15) is 5.60 Å². The van der Waals surface area contributed by atoms with E-state index in [4.69, 9.17) is 9.47 Å². The second kappa shape index (κ2) is 8.55. The Balaban J connectivity index is 4.81. The molecule has 20 heavy (non-hydrogen) atoms. The van der Waals surface area contributed by atoms with Crippen LogP contribution in [0.25, 0.3) is 0 Å². The molecule has 0 bridgehead atoms. The second-order valence-electron chi connectivity index (χ2n) is 5.11. The molecule has 0 saturated heterocycles. The van der Waals surface area contributed by atoms with Crippen LogP contribution in [0.15, 0.2) is 0 Å². The summed E-state index contributed by atoms with van der Waals surface area (Å²) in [5.41, 5.74) is -0.921. The normalized spacial score (nSPS) is 12.4. The zero-order valence-corrected chi connectivity index (χ0v) is 12.9. The van der Waals surface area contributed by atoms with Gasteiger partial charge in [0.05, 0.1) is 20.1 Å². The van der Waals surface area contributed by atoms with Gasteiger partial charge in [-0.1, -0.05) is 6.92 Å². The smallest absolute Gasteiger partial charge is 0.306 e. The van der Waals surface area contributed by atoms with Crippen molar-refractivity contribution in [2.24, 2.45) is 5.92 Å². The van der Waals surface area contributed by atoms with Crippen molar-refractivity contribution >= 4 is 17.9 Å². The van der Waals surface area contributed by atoms with Gasteiger partial charge >= 0.3 is 17.9 Å². The average Bonchev–Trinajstić information content (AvgIpc) is 2.33. The number of rotatable bonds is 8. The van der Waals surface area contributed by atoms with Gasteiger partial charge in [-0.25, -0.2) is 0 Å². The fourth-order valence-corrected chi connectivity index (χ4v) is 1.64. The summed E-state index contributed by atoms with van der Waals surface area (Å²) in [5.74, 6) is -1.69. The van der Waals surface area contributed by atoms with Crippen LogP contribution in [0.5, 0.6) is 0 Å². The number of hydrogen-bond donors (Lipinski definition) is 0. The molecule has 0 radical (unpaired) electrons. The van der Waals surface area contributed by atoms with Crippen LogP contribution in [0.1, 0.15) is 47.0 Å². The molecule has 0 fully saturated rings. The van der Waals surface area contributed by atoms with Crippen molar-refractivity contribution in [3.8, 4) is 0 Å². The van der Waals surface area contributed by atoms with Crippen LogP contribution in [0.2, 0.25) is 0 Å². The Hall–Kier alpha value is -1.59. The molecule has 0 amide bonds. The number of esters is 3. The standard InChI is InChI=1S/C14H24O6/c1-6-7-12(16)20-14(3,4)11(8-13(17)18-5)9-19-10(2)15/h11H,6-9H2,1-5H3. The molecule has 0 rings (SSSR count). The Morgan fingerprint density at radius 3 is 2.20 bits per heavy atom. The summed E-state index contributed by atoms with van der Waals surface area (Å²) in [6.07, 6.45) is 0.999. The highest BCUT2D eigenvalue weighted by atomic mass is 16.6. The van der Waals surface area contributed by atoms with Crippen molar-refractivity contribution in [2.45, 2.75) is 52.6 Å². The Morgan fingerprint density at radius 2 is 1.75 bits per heavy atom. The largest absolute Gasteiger partial charge is 0.469 e. The van der Waals surface area contributed by atoms with Crippen LogP contribution >= 0.6 is 0 Å². The van der Waals surface area contributed by atoms with Crippen LogP contribution in [0.4, 0.5) is 0 Å². The maximum absolute atomic E-state index is 11.6. The minimum Gasteiger partial charge on any atom is -0.469 e. The van der Waals surface area contributed by atoms with E-state index in [9.17, 15) is 14.4 Å². The molecule has 0 spiro atoms. The van der Waals surface area contributed by atoms with E-state index < -0.39 is 23.5 Å². The van der Waals surface area contributed by atoms with Crippen LogP contribution in [-0.4, -0.2) is 37.2 Å². The molecule has 116 valence electrons. The zero-order valence-electron chi connectivity index (χ0n) is 12.9. The third-order valence-corrected chi connectivity index (χ3v) is 2.94. The van der Waals surface area contributed by atoms with Crippen LogP contribution in [0, 0.1) is 5.92 Å². The quantitative estimate of drug-likeness (QED) is 0.501. The maximum atomic E-state index is 11.6. The van der Waals surface area contributed by atoms with Gasteiger partial charge in [-0.2, -0.15) is 0 Å². The van der Waals surface area contributed by atoms with Crippen molar-refractivity contribution < 1.29 is 28.6 Å². The number of ether oxygens (including phenoxy) is 3. The summed E-state index contributed by atoms with van der Waals surface area (Å²) in [4.78, 5) is 33.9. The fourth-order valence-electron chi connectivity index (χ4n) is 1.64. The summed E-state index contributed by atoms with van der Waals surface area (Å²) in [7, 11) is 1.28. The summed E-state index contributed by atoms with van der Waals surface area (Å²) >= 11 is 0. The van der Waals surface area contributed by atoms with Crippen molar-refractivity contribution in [1.82, 2.24) is 0 Å². The molecule has 1 atom stereocenters. The van der Waals surface area contributed by atoms with Gasteiger partial charge in [0.2, 0.25) is 0 Å². The number of carbonyl (C=O) groups is 3. The van der Waals surface area contributed by atoms with E-state index in [1.807, 2.05) is 6.92 Å². The summed E-state index contributed by atoms with van der Waals surface area (Å²) in [6.45, 7) is 6.54. The highest BCUT2D eigenvalue weighted by molar-refractivity contribution is 5.71. The first-order valence-corrected chi connectivity index (χ1v) is 6.65. The van der Waals surface area contributed by atoms with Crippen molar-refractivity contribution in [3.05, 3.63) is 0 Å². The molecule has 6 heteroatoms. The summed E-state index contributed by atoms with van der Waals surface area (Å²) < 4.78 is 14.9. The first-order chi connectivity index (χ1) is 9.22. The predicted octanol–water partition coefficient (Wildman–Crippen LogP) is 1.85. The monoisotopic (exact) mass is 288 g/mol. The molecule has 0 N–H and O–H groups in total. The van der Waals surface area contributed by atoms with Gasteiger partial charge in [-0.05, 0) is 20.3 Å². The van der Waals surface area contributed by atoms with E-state index in [1.54, 1.807) is 13.8 Å². The second-order valence-corrected chi connectivity index (χ2v) is 5.11. The zero-order chi connectivity index (χ0) is 15.8. The number of hydrogen-bond acceptors (Lipinski definition) is 6. The molecule has 0 aromatic carbocycles. The lowest BCUT2D eigenvalue weighted by Gasteiger charge is -2.33. The molecule has 0 aliphatic rings. The molecule has 0 heterocycles. The van der Waals surface area contributed by atoms with Crippen LogP contribution in [0.3, 0.4) is 0 Å². The predicted molar refractivity (Wildman–Crippen MR) is 71.8 cm³/mol. The van der Waals surface area contributed by atoms with E-state index in [0.29, 0.717) is 12.8 Å². The molecule has 0 aliphatic carbocycles.